The van der Waals surface area contributed by atoms with E-state index < -0.39 is 0 Å². The molecule has 1 fully saturated rings. The molecule has 0 radical (unpaired) electrons. The van der Waals surface area contributed by atoms with E-state index >= 15 is 0 Å². The first-order valence-electron chi connectivity index (χ1n) is 6.36. The molecule has 1 atom stereocenters. The summed E-state index contributed by atoms with van der Waals surface area (Å²) < 4.78 is 0. The van der Waals surface area contributed by atoms with Crippen molar-refractivity contribution >= 4 is 0 Å². The molecular formula is C14H22N2. The minimum Gasteiger partial charge on any atom is -0.326 e. The third-order valence-electron chi connectivity index (χ3n) is 3.73. The molecule has 0 heterocycles. The molecule has 2 rings (SSSR count). The highest BCUT2D eigenvalue weighted by Crippen LogP contribution is 2.32. The molecule has 4 N–H and O–H groups in total. The zero-order valence-electron chi connectivity index (χ0n) is 9.86. The van der Waals surface area contributed by atoms with E-state index in [0.717, 1.165) is 0 Å². The van der Waals surface area contributed by atoms with E-state index in [1.54, 1.807) is 0 Å². The molecule has 0 saturated heterocycles. The first-order valence-corrected chi connectivity index (χ1v) is 6.36. The van der Waals surface area contributed by atoms with Crippen molar-refractivity contribution in [3.05, 3.63) is 35.4 Å². The first kappa shape index (κ1) is 11.6. The summed E-state index contributed by atoms with van der Waals surface area (Å²) in [6, 6.07) is 8.64. The van der Waals surface area contributed by atoms with Gasteiger partial charge in [-0.15, -0.1) is 0 Å². The second-order valence-electron chi connectivity index (χ2n) is 4.87. The van der Waals surface area contributed by atoms with Crippen LogP contribution in [0.1, 0.15) is 49.3 Å². The van der Waals surface area contributed by atoms with Gasteiger partial charge < -0.3 is 11.5 Å². The van der Waals surface area contributed by atoms with Gasteiger partial charge in [0.25, 0.3) is 0 Å². The van der Waals surface area contributed by atoms with Crippen LogP contribution in [-0.2, 0) is 6.54 Å². The molecule has 2 heteroatoms. The highest BCUT2D eigenvalue weighted by Gasteiger charge is 2.21. The quantitative estimate of drug-likeness (QED) is 0.819. The SMILES string of the molecule is NCc1cccc(C(N)C2CCCCC2)c1. The Labute approximate surface area is 98.0 Å². The maximum atomic E-state index is 6.35. The van der Waals surface area contributed by atoms with Crippen LogP contribution >= 0.6 is 0 Å². The monoisotopic (exact) mass is 218 g/mol. The topological polar surface area (TPSA) is 52.0 Å². The fraction of sp³-hybridized carbons (Fsp3) is 0.571. The Kier molecular flexibility index (Phi) is 3.97. The van der Waals surface area contributed by atoms with Crippen LogP contribution in [0.25, 0.3) is 0 Å². The third kappa shape index (κ3) is 2.63. The summed E-state index contributed by atoms with van der Waals surface area (Å²) in [5, 5.41) is 0. The Balaban J connectivity index is 2.09. The third-order valence-corrected chi connectivity index (χ3v) is 3.73. The van der Waals surface area contributed by atoms with Crippen LogP contribution in [0, 0.1) is 5.92 Å². The van der Waals surface area contributed by atoms with E-state index in [1.165, 1.54) is 43.2 Å². The van der Waals surface area contributed by atoms with Gasteiger partial charge >= 0.3 is 0 Å². The number of hydrogen-bond acceptors (Lipinski definition) is 2. The van der Waals surface area contributed by atoms with Gasteiger partial charge in [0.2, 0.25) is 0 Å². The van der Waals surface area contributed by atoms with Gasteiger partial charge in [-0.05, 0) is 29.9 Å². The van der Waals surface area contributed by atoms with E-state index in [4.69, 9.17) is 11.5 Å². The molecule has 1 unspecified atom stereocenters. The van der Waals surface area contributed by atoms with Crippen LogP contribution in [0.2, 0.25) is 0 Å². The molecule has 0 aromatic heterocycles. The van der Waals surface area contributed by atoms with Crippen LogP contribution in [-0.4, -0.2) is 0 Å². The molecule has 0 spiro atoms. The molecular weight excluding hydrogens is 196 g/mol. The molecule has 1 aliphatic rings. The van der Waals surface area contributed by atoms with Crippen LogP contribution in [0.3, 0.4) is 0 Å². The molecule has 2 nitrogen and oxygen atoms in total. The minimum absolute atomic E-state index is 0.201. The number of hydrogen-bond donors (Lipinski definition) is 2. The summed E-state index contributed by atoms with van der Waals surface area (Å²) in [5.74, 6) is 0.668. The van der Waals surface area contributed by atoms with Crippen molar-refractivity contribution in [1.29, 1.82) is 0 Å². The average Bonchev–Trinajstić information content (AvgIpc) is 2.39. The van der Waals surface area contributed by atoms with Crippen LogP contribution in [0.5, 0.6) is 0 Å². The summed E-state index contributed by atoms with van der Waals surface area (Å²) in [6.07, 6.45) is 6.64. The highest BCUT2D eigenvalue weighted by molar-refractivity contribution is 5.26. The van der Waals surface area contributed by atoms with Crippen molar-refractivity contribution in [3.63, 3.8) is 0 Å². The van der Waals surface area contributed by atoms with Crippen LogP contribution < -0.4 is 11.5 Å². The van der Waals surface area contributed by atoms with Crippen molar-refractivity contribution < 1.29 is 0 Å². The standard InChI is InChI=1S/C14H22N2/c15-10-11-5-4-8-13(9-11)14(16)12-6-2-1-3-7-12/h4-5,8-9,12,14H,1-3,6-7,10,15-16H2. The second-order valence-corrected chi connectivity index (χ2v) is 4.87. The maximum absolute atomic E-state index is 6.35. The van der Waals surface area contributed by atoms with Gasteiger partial charge in [-0.25, -0.2) is 0 Å². The number of nitrogens with two attached hydrogens (primary N) is 2. The molecule has 1 aromatic rings. The summed E-state index contributed by atoms with van der Waals surface area (Å²) >= 11 is 0. The summed E-state index contributed by atoms with van der Waals surface area (Å²) in [6.45, 7) is 0.602. The average molecular weight is 218 g/mol. The predicted octanol–water partition coefficient (Wildman–Crippen LogP) is 2.73. The Bertz CT molecular complexity index is 329. The summed E-state index contributed by atoms with van der Waals surface area (Å²) in [4.78, 5) is 0. The summed E-state index contributed by atoms with van der Waals surface area (Å²) in [5.41, 5.74) is 14.5. The van der Waals surface area contributed by atoms with E-state index in [2.05, 4.69) is 24.3 Å². The van der Waals surface area contributed by atoms with Crippen molar-refractivity contribution in [1.82, 2.24) is 0 Å². The molecule has 0 aliphatic heterocycles. The summed E-state index contributed by atoms with van der Waals surface area (Å²) in [7, 11) is 0. The maximum Gasteiger partial charge on any atom is 0.0323 e. The Morgan fingerprint density at radius 3 is 2.62 bits per heavy atom. The lowest BCUT2D eigenvalue weighted by Gasteiger charge is -2.28. The highest BCUT2D eigenvalue weighted by atomic mass is 14.7. The van der Waals surface area contributed by atoms with E-state index in [0.29, 0.717) is 12.5 Å². The van der Waals surface area contributed by atoms with E-state index in [1.807, 2.05) is 0 Å². The minimum atomic E-state index is 0.201. The number of rotatable bonds is 3. The normalized spacial score (nSPS) is 19.6. The lowest BCUT2D eigenvalue weighted by atomic mass is 9.81. The zero-order chi connectivity index (χ0) is 11.4. The first-order chi connectivity index (χ1) is 7.81. The van der Waals surface area contributed by atoms with E-state index in [-0.39, 0.29) is 6.04 Å². The molecule has 88 valence electrons. The van der Waals surface area contributed by atoms with Crippen LogP contribution in [0.4, 0.5) is 0 Å². The van der Waals surface area contributed by atoms with Gasteiger partial charge in [-0.3, -0.25) is 0 Å². The molecule has 1 aliphatic carbocycles. The Hall–Kier alpha value is -0.860. The van der Waals surface area contributed by atoms with Gasteiger partial charge in [0, 0.05) is 12.6 Å². The number of benzene rings is 1. The molecule has 1 aromatic carbocycles. The van der Waals surface area contributed by atoms with Crippen molar-refractivity contribution in [2.24, 2.45) is 17.4 Å². The predicted molar refractivity (Wildman–Crippen MR) is 67.8 cm³/mol. The smallest absolute Gasteiger partial charge is 0.0323 e. The second kappa shape index (κ2) is 5.46. The molecule has 0 bridgehead atoms. The zero-order valence-corrected chi connectivity index (χ0v) is 9.86. The van der Waals surface area contributed by atoms with Crippen molar-refractivity contribution in [3.8, 4) is 0 Å². The van der Waals surface area contributed by atoms with Gasteiger partial charge in [0.15, 0.2) is 0 Å². The Morgan fingerprint density at radius 1 is 1.19 bits per heavy atom. The van der Waals surface area contributed by atoms with Gasteiger partial charge in [-0.2, -0.15) is 0 Å². The van der Waals surface area contributed by atoms with Crippen molar-refractivity contribution in [2.75, 3.05) is 0 Å². The van der Waals surface area contributed by atoms with Crippen LogP contribution in [0.15, 0.2) is 24.3 Å². The molecule has 0 amide bonds. The Morgan fingerprint density at radius 2 is 1.94 bits per heavy atom. The van der Waals surface area contributed by atoms with E-state index in [9.17, 15) is 0 Å². The molecule has 16 heavy (non-hydrogen) atoms. The van der Waals surface area contributed by atoms with Crippen molar-refractivity contribution in [2.45, 2.75) is 44.7 Å². The lowest BCUT2D eigenvalue weighted by Crippen LogP contribution is -2.23. The lowest BCUT2D eigenvalue weighted by molar-refractivity contribution is 0.308. The molecule has 1 saturated carbocycles. The fourth-order valence-electron chi connectivity index (χ4n) is 2.69. The largest absolute Gasteiger partial charge is 0.326 e. The fourth-order valence-corrected chi connectivity index (χ4v) is 2.69. The van der Waals surface area contributed by atoms with Gasteiger partial charge in [0.1, 0.15) is 0 Å². The van der Waals surface area contributed by atoms with Gasteiger partial charge in [0.05, 0.1) is 0 Å². The van der Waals surface area contributed by atoms with Gasteiger partial charge in [-0.1, -0.05) is 43.5 Å².